The Hall–Kier alpha value is -2.64. The standard InChI is InChI=1S/C22H22BrClN4O2/c1-14-11-15(2)26-22(25-14)28-18-6-3-5-17(13-18)27-21(29)7-4-10-30-20-9-8-16(24)12-19(20)23/h3,5-6,8-9,11-13H,4,7,10H2,1-2H3,(H,27,29)(H,25,26,28). The average Bonchev–Trinajstić information content (AvgIpc) is 2.66. The lowest BCUT2D eigenvalue weighted by molar-refractivity contribution is -0.116. The number of aryl methyl sites for hydroxylation is 2. The van der Waals surface area contributed by atoms with E-state index in [4.69, 9.17) is 16.3 Å². The molecule has 0 bridgehead atoms. The SMILES string of the molecule is Cc1cc(C)nc(Nc2cccc(NC(=O)CCCOc3ccc(Cl)cc3Br)c2)n1. The van der Waals surface area contributed by atoms with Crippen LogP contribution < -0.4 is 15.4 Å². The van der Waals surface area contributed by atoms with E-state index in [1.54, 1.807) is 18.2 Å². The van der Waals surface area contributed by atoms with Gasteiger partial charge in [-0.15, -0.1) is 0 Å². The van der Waals surface area contributed by atoms with Gasteiger partial charge >= 0.3 is 0 Å². The van der Waals surface area contributed by atoms with Crippen LogP contribution in [0.1, 0.15) is 24.2 Å². The molecule has 3 aromatic rings. The molecular formula is C22H22BrClN4O2. The minimum atomic E-state index is -0.0754. The predicted molar refractivity (Wildman–Crippen MR) is 124 cm³/mol. The van der Waals surface area contributed by atoms with E-state index >= 15 is 0 Å². The fourth-order valence-corrected chi connectivity index (χ4v) is 3.61. The number of aromatic nitrogens is 2. The van der Waals surface area contributed by atoms with E-state index < -0.39 is 0 Å². The molecule has 156 valence electrons. The van der Waals surface area contributed by atoms with E-state index in [2.05, 4.69) is 36.5 Å². The minimum absolute atomic E-state index is 0.0754. The number of hydrogen-bond acceptors (Lipinski definition) is 5. The molecule has 0 aliphatic heterocycles. The lowest BCUT2D eigenvalue weighted by Gasteiger charge is -2.10. The van der Waals surface area contributed by atoms with Gasteiger partial charge in [0.1, 0.15) is 5.75 Å². The maximum Gasteiger partial charge on any atom is 0.227 e. The fraction of sp³-hybridized carbons (Fsp3) is 0.227. The smallest absolute Gasteiger partial charge is 0.227 e. The first-order valence-electron chi connectivity index (χ1n) is 9.46. The van der Waals surface area contributed by atoms with Crippen LogP contribution in [0.5, 0.6) is 5.75 Å². The third-order valence-electron chi connectivity index (χ3n) is 4.08. The quantitative estimate of drug-likeness (QED) is 0.377. The molecule has 1 amide bonds. The summed E-state index contributed by atoms with van der Waals surface area (Å²) in [5, 5.41) is 6.71. The van der Waals surface area contributed by atoms with Crippen molar-refractivity contribution in [3.8, 4) is 5.75 Å². The van der Waals surface area contributed by atoms with Crippen molar-refractivity contribution >= 4 is 50.8 Å². The molecule has 0 aliphatic rings. The Balaban J connectivity index is 1.48. The lowest BCUT2D eigenvalue weighted by atomic mass is 10.2. The highest BCUT2D eigenvalue weighted by atomic mass is 79.9. The number of carbonyl (C=O) groups is 1. The molecule has 2 aromatic carbocycles. The Morgan fingerprint density at radius 1 is 1.07 bits per heavy atom. The third-order valence-corrected chi connectivity index (χ3v) is 4.94. The second-order valence-corrected chi connectivity index (χ2v) is 8.05. The molecule has 0 saturated heterocycles. The molecule has 6 nitrogen and oxygen atoms in total. The summed E-state index contributed by atoms with van der Waals surface area (Å²) in [6.07, 6.45) is 0.943. The van der Waals surface area contributed by atoms with Crippen molar-refractivity contribution in [1.29, 1.82) is 0 Å². The van der Waals surface area contributed by atoms with Crippen molar-refractivity contribution < 1.29 is 9.53 Å². The van der Waals surface area contributed by atoms with Crippen molar-refractivity contribution in [2.45, 2.75) is 26.7 Å². The molecule has 0 fully saturated rings. The zero-order valence-electron chi connectivity index (χ0n) is 16.7. The van der Waals surface area contributed by atoms with Gasteiger partial charge in [0.2, 0.25) is 11.9 Å². The summed E-state index contributed by atoms with van der Waals surface area (Å²) in [6.45, 7) is 4.27. The van der Waals surface area contributed by atoms with Crippen molar-refractivity contribution in [3.63, 3.8) is 0 Å². The Bertz CT molecular complexity index is 1030. The van der Waals surface area contributed by atoms with Gasteiger partial charge in [-0.3, -0.25) is 4.79 Å². The van der Waals surface area contributed by atoms with Gasteiger partial charge < -0.3 is 15.4 Å². The van der Waals surface area contributed by atoms with Gasteiger partial charge in [0.25, 0.3) is 0 Å². The van der Waals surface area contributed by atoms with Crippen LogP contribution in [0.25, 0.3) is 0 Å². The molecule has 0 aliphatic carbocycles. The summed E-state index contributed by atoms with van der Waals surface area (Å²) < 4.78 is 6.48. The fourth-order valence-electron chi connectivity index (χ4n) is 2.82. The molecule has 0 atom stereocenters. The van der Waals surface area contributed by atoms with Crippen LogP contribution in [-0.2, 0) is 4.79 Å². The van der Waals surface area contributed by atoms with Gasteiger partial charge in [-0.25, -0.2) is 9.97 Å². The minimum Gasteiger partial charge on any atom is -0.492 e. The van der Waals surface area contributed by atoms with Gasteiger partial charge in [0.15, 0.2) is 0 Å². The third kappa shape index (κ3) is 6.71. The topological polar surface area (TPSA) is 76.1 Å². The Labute approximate surface area is 189 Å². The molecule has 8 heteroatoms. The number of halogens is 2. The Morgan fingerprint density at radius 2 is 1.80 bits per heavy atom. The van der Waals surface area contributed by atoms with Crippen LogP contribution in [-0.4, -0.2) is 22.5 Å². The number of carbonyl (C=O) groups excluding carboxylic acids is 1. The van der Waals surface area contributed by atoms with Gasteiger partial charge in [0, 0.05) is 34.2 Å². The van der Waals surface area contributed by atoms with Gasteiger partial charge in [-0.05, 0) is 78.7 Å². The number of ether oxygens (including phenoxy) is 1. The summed E-state index contributed by atoms with van der Waals surface area (Å²) in [7, 11) is 0. The van der Waals surface area contributed by atoms with E-state index in [0.29, 0.717) is 41.9 Å². The zero-order chi connectivity index (χ0) is 21.5. The highest BCUT2D eigenvalue weighted by molar-refractivity contribution is 9.10. The number of anilines is 3. The van der Waals surface area contributed by atoms with E-state index in [9.17, 15) is 4.79 Å². The largest absolute Gasteiger partial charge is 0.492 e. The van der Waals surface area contributed by atoms with Crippen LogP contribution in [0, 0.1) is 13.8 Å². The van der Waals surface area contributed by atoms with Crippen LogP contribution in [0.3, 0.4) is 0 Å². The average molecular weight is 490 g/mol. The number of benzene rings is 2. The normalized spacial score (nSPS) is 10.5. The van der Waals surface area contributed by atoms with Crippen molar-refractivity contribution in [2.24, 2.45) is 0 Å². The summed E-state index contributed by atoms with van der Waals surface area (Å²) in [4.78, 5) is 21.0. The van der Waals surface area contributed by atoms with Crippen molar-refractivity contribution in [1.82, 2.24) is 9.97 Å². The molecule has 3 rings (SSSR count). The number of rotatable bonds is 8. The van der Waals surface area contributed by atoms with Crippen LogP contribution >= 0.6 is 27.5 Å². The summed E-state index contributed by atoms with van der Waals surface area (Å²) >= 11 is 9.32. The first-order valence-corrected chi connectivity index (χ1v) is 10.6. The van der Waals surface area contributed by atoms with Gasteiger partial charge in [-0.1, -0.05) is 17.7 Å². The van der Waals surface area contributed by atoms with E-state index in [-0.39, 0.29) is 5.91 Å². The molecule has 0 radical (unpaired) electrons. The van der Waals surface area contributed by atoms with E-state index in [1.165, 1.54) is 0 Å². The van der Waals surface area contributed by atoms with E-state index in [0.717, 1.165) is 21.5 Å². The number of amides is 1. The Morgan fingerprint density at radius 3 is 2.53 bits per heavy atom. The predicted octanol–water partition coefficient (Wildman–Crippen LogP) is 6.05. The van der Waals surface area contributed by atoms with Crippen LogP contribution in [0.4, 0.5) is 17.3 Å². The molecule has 0 spiro atoms. The lowest BCUT2D eigenvalue weighted by Crippen LogP contribution is -2.13. The zero-order valence-corrected chi connectivity index (χ0v) is 19.0. The Kier molecular flexibility index (Phi) is 7.65. The van der Waals surface area contributed by atoms with Crippen molar-refractivity contribution in [3.05, 3.63) is 69.4 Å². The number of hydrogen-bond donors (Lipinski definition) is 2. The van der Waals surface area contributed by atoms with Gasteiger partial charge in [0.05, 0.1) is 11.1 Å². The molecule has 1 aromatic heterocycles. The molecule has 2 N–H and O–H groups in total. The summed E-state index contributed by atoms with van der Waals surface area (Å²) in [6, 6.07) is 14.7. The highest BCUT2D eigenvalue weighted by Gasteiger charge is 2.06. The van der Waals surface area contributed by atoms with E-state index in [1.807, 2.05) is 44.2 Å². The highest BCUT2D eigenvalue weighted by Crippen LogP contribution is 2.28. The summed E-state index contributed by atoms with van der Waals surface area (Å²) in [5.74, 6) is 1.15. The maximum absolute atomic E-state index is 12.3. The monoisotopic (exact) mass is 488 g/mol. The van der Waals surface area contributed by atoms with Gasteiger partial charge in [-0.2, -0.15) is 0 Å². The summed E-state index contributed by atoms with van der Waals surface area (Å²) in [5.41, 5.74) is 3.29. The molecule has 0 saturated carbocycles. The number of nitrogens with zero attached hydrogens (tertiary/aromatic N) is 2. The number of nitrogens with one attached hydrogen (secondary N) is 2. The second-order valence-electron chi connectivity index (χ2n) is 6.76. The first-order chi connectivity index (χ1) is 14.4. The first kappa shape index (κ1) is 22.1. The van der Waals surface area contributed by atoms with Crippen molar-refractivity contribution in [2.75, 3.05) is 17.2 Å². The van der Waals surface area contributed by atoms with Crippen LogP contribution in [0.2, 0.25) is 5.02 Å². The molecule has 0 unspecified atom stereocenters. The molecule has 30 heavy (non-hydrogen) atoms. The van der Waals surface area contributed by atoms with Crippen LogP contribution in [0.15, 0.2) is 53.0 Å². The maximum atomic E-state index is 12.3. The second kappa shape index (κ2) is 10.4. The molecule has 1 heterocycles. The molecular weight excluding hydrogens is 468 g/mol.